The highest BCUT2D eigenvalue weighted by Crippen LogP contribution is 2.39. The van der Waals surface area contributed by atoms with Crippen molar-refractivity contribution in [2.24, 2.45) is 5.41 Å². The van der Waals surface area contributed by atoms with Crippen LogP contribution in [0.2, 0.25) is 0 Å². The van der Waals surface area contributed by atoms with Crippen LogP contribution in [0.25, 0.3) is 0 Å². The summed E-state index contributed by atoms with van der Waals surface area (Å²) < 4.78 is 62.9. The lowest BCUT2D eigenvalue weighted by Gasteiger charge is -2.39. The van der Waals surface area contributed by atoms with Gasteiger partial charge in [-0.15, -0.1) is 0 Å². The number of nitrogens with zero attached hydrogens (tertiary/aromatic N) is 1. The van der Waals surface area contributed by atoms with Gasteiger partial charge in [0.2, 0.25) is 10.0 Å². The van der Waals surface area contributed by atoms with Crippen molar-refractivity contribution >= 4 is 10.0 Å². The molecule has 1 aliphatic heterocycles. The van der Waals surface area contributed by atoms with Crippen molar-refractivity contribution in [2.75, 3.05) is 18.8 Å². The van der Waals surface area contributed by atoms with E-state index >= 15 is 0 Å². The van der Waals surface area contributed by atoms with Crippen molar-refractivity contribution < 1.29 is 26.7 Å². The molecule has 0 amide bonds. The van der Waals surface area contributed by atoms with Gasteiger partial charge >= 0.3 is 6.18 Å². The molecule has 1 saturated heterocycles. The molecule has 0 unspecified atom stereocenters. The van der Waals surface area contributed by atoms with E-state index in [1.54, 1.807) is 20.8 Å². The molecule has 1 rings (SSSR count). The lowest BCUT2D eigenvalue weighted by Crippen LogP contribution is -2.55. The molecule has 114 valence electrons. The van der Waals surface area contributed by atoms with Crippen molar-refractivity contribution in [1.29, 1.82) is 0 Å². The molecule has 4 nitrogen and oxygen atoms in total. The molecule has 0 spiro atoms. The number of alkyl halides is 3. The fourth-order valence-corrected chi connectivity index (χ4v) is 4.07. The summed E-state index contributed by atoms with van der Waals surface area (Å²) in [6.45, 7) is 4.66. The van der Waals surface area contributed by atoms with Crippen LogP contribution in [0.5, 0.6) is 0 Å². The summed E-state index contributed by atoms with van der Waals surface area (Å²) in [6, 6.07) is 0. The summed E-state index contributed by atoms with van der Waals surface area (Å²) in [5.41, 5.74) is -3.22. The summed E-state index contributed by atoms with van der Waals surface area (Å²) in [5, 5.41) is 9.48. The number of hydrogen-bond donors (Lipinski definition) is 1. The number of aliphatic hydroxyl groups is 1. The first-order chi connectivity index (χ1) is 8.27. The van der Waals surface area contributed by atoms with E-state index in [2.05, 4.69) is 0 Å². The van der Waals surface area contributed by atoms with Crippen LogP contribution in [0.15, 0.2) is 0 Å². The summed E-state index contributed by atoms with van der Waals surface area (Å²) >= 11 is 0. The second-order valence-corrected chi connectivity index (χ2v) is 8.21. The lowest BCUT2D eigenvalue weighted by atomic mass is 9.92. The third-order valence-corrected chi connectivity index (χ3v) is 5.47. The van der Waals surface area contributed by atoms with Gasteiger partial charge < -0.3 is 5.11 Å². The molecule has 1 aliphatic rings. The lowest BCUT2D eigenvalue weighted by molar-refractivity contribution is -0.270. The Morgan fingerprint density at radius 3 is 1.89 bits per heavy atom. The molecule has 0 bridgehead atoms. The van der Waals surface area contributed by atoms with Crippen LogP contribution >= 0.6 is 0 Å². The minimum absolute atomic E-state index is 0.121. The van der Waals surface area contributed by atoms with Gasteiger partial charge in [0, 0.05) is 13.1 Å². The standard InChI is InChI=1S/C11H20F3NO3S/c1-9(2,3)8-19(17,18)15-6-4-10(16,5-7-15)11(12,13)14/h16H,4-8H2,1-3H3. The zero-order valence-electron chi connectivity index (χ0n) is 11.3. The van der Waals surface area contributed by atoms with E-state index in [4.69, 9.17) is 0 Å². The largest absolute Gasteiger partial charge is 0.417 e. The molecule has 0 aromatic rings. The highest BCUT2D eigenvalue weighted by Gasteiger charge is 2.55. The van der Waals surface area contributed by atoms with Crippen molar-refractivity contribution in [3.8, 4) is 0 Å². The molecule has 0 aromatic heterocycles. The Kier molecular flexibility index (Phi) is 4.30. The molecule has 0 atom stereocenters. The smallest absolute Gasteiger partial charge is 0.380 e. The average Bonchev–Trinajstić information content (AvgIpc) is 2.12. The fourth-order valence-electron chi connectivity index (χ4n) is 2.06. The Balaban J connectivity index is 2.74. The van der Waals surface area contributed by atoms with Crippen LogP contribution in [0.1, 0.15) is 33.6 Å². The molecule has 1 N–H and O–H groups in total. The van der Waals surface area contributed by atoms with E-state index in [0.29, 0.717) is 0 Å². The van der Waals surface area contributed by atoms with Gasteiger partial charge in [0.05, 0.1) is 5.75 Å². The predicted molar refractivity (Wildman–Crippen MR) is 65.1 cm³/mol. The minimum Gasteiger partial charge on any atom is -0.380 e. The molecule has 8 heteroatoms. The van der Waals surface area contributed by atoms with E-state index in [0.717, 1.165) is 4.31 Å². The van der Waals surface area contributed by atoms with E-state index in [1.165, 1.54) is 0 Å². The molecular formula is C11H20F3NO3S. The zero-order chi connectivity index (χ0) is 15.1. The second-order valence-electron chi connectivity index (χ2n) is 6.25. The summed E-state index contributed by atoms with van der Waals surface area (Å²) in [5.74, 6) is -0.121. The van der Waals surface area contributed by atoms with Gasteiger partial charge in [-0.1, -0.05) is 20.8 Å². The molecule has 1 heterocycles. The molecule has 0 aromatic carbocycles. The molecule has 0 aliphatic carbocycles. The molecule has 0 saturated carbocycles. The van der Waals surface area contributed by atoms with Gasteiger partial charge in [0.15, 0.2) is 5.60 Å². The number of sulfonamides is 1. The number of halogens is 3. The Hall–Kier alpha value is -0.340. The van der Waals surface area contributed by atoms with Crippen molar-refractivity contribution in [1.82, 2.24) is 4.31 Å². The quantitative estimate of drug-likeness (QED) is 0.845. The van der Waals surface area contributed by atoms with Crippen molar-refractivity contribution in [3.63, 3.8) is 0 Å². The first-order valence-corrected chi connectivity index (χ1v) is 7.65. The Labute approximate surface area is 111 Å². The first-order valence-electron chi connectivity index (χ1n) is 6.04. The maximum absolute atomic E-state index is 12.6. The molecular weight excluding hydrogens is 283 g/mol. The van der Waals surface area contributed by atoms with Gasteiger partial charge in [-0.25, -0.2) is 12.7 Å². The van der Waals surface area contributed by atoms with Crippen LogP contribution in [-0.4, -0.2) is 48.4 Å². The van der Waals surface area contributed by atoms with E-state index < -0.39 is 40.1 Å². The highest BCUT2D eigenvalue weighted by molar-refractivity contribution is 7.89. The Bertz CT molecular complexity index is 417. The Morgan fingerprint density at radius 2 is 1.58 bits per heavy atom. The molecule has 1 fully saturated rings. The SMILES string of the molecule is CC(C)(C)CS(=O)(=O)N1CCC(O)(C(F)(F)F)CC1. The van der Waals surface area contributed by atoms with E-state index in [9.17, 15) is 26.7 Å². The van der Waals surface area contributed by atoms with Gasteiger partial charge in [-0.3, -0.25) is 0 Å². The van der Waals surface area contributed by atoms with Crippen molar-refractivity contribution in [2.45, 2.75) is 45.4 Å². The van der Waals surface area contributed by atoms with Gasteiger partial charge in [0.25, 0.3) is 0 Å². The maximum atomic E-state index is 12.6. The number of rotatable bonds is 2. The maximum Gasteiger partial charge on any atom is 0.417 e. The van der Waals surface area contributed by atoms with Gasteiger partial charge in [0.1, 0.15) is 0 Å². The third kappa shape index (κ3) is 4.06. The van der Waals surface area contributed by atoms with Crippen LogP contribution in [-0.2, 0) is 10.0 Å². The molecule has 19 heavy (non-hydrogen) atoms. The van der Waals surface area contributed by atoms with Crippen LogP contribution in [0.3, 0.4) is 0 Å². The Morgan fingerprint density at radius 1 is 1.16 bits per heavy atom. The minimum atomic E-state index is -4.72. The monoisotopic (exact) mass is 303 g/mol. The normalized spacial score (nSPS) is 22.5. The van der Waals surface area contributed by atoms with Gasteiger partial charge in [-0.05, 0) is 18.3 Å². The van der Waals surface area contributed by atoms with Crippen LogP contribution < -0.4 is 0 Å². The second kappa shape index (κ2) is 4.89. The number of piperidine rings is 1. The zero-order valence-corrected chi connectivity index (χ0v) is 12.1. The summed E-state index contributed by atoms with van der Waals surface area (Å²) in [6.07, 6.45) is -5.94. The van der Waals surface area contributed by atoms with Crippen molar-refractivity contribution in [3.05, 3.63) is 0 Å². The van der Waals surface area contributed by atoms with E-state index in [-0.39, 0.29) is 18.8 Å². The van der Waals surface area contributed by atoms with Gasteiger partial charge in [-0.2, -0.15) is 13.2 Å². The summed E-state index contributed by atoms with van der Waals surface area (Å²) in [7, 11) is -3.58. The first kappa shape index (κ1) is 16.7. The van der Waals surface area contributed by atoms with Crippen LogP contribution in [0.4, 0.5) is 13.2 Å². The molecule has 0 radical (unpaired) electrons. The average molecular weight is 303 g/mol. The fraction of sp³-hybridized carbons (Fsp3) is 1.00. The third-order valence-electron chi connectivity index (χ3n) is 3.09. The topological polar surface area (TPSA) is 57.6 Å². The van der Waals surface area contributed by atoms with E-state index in [1.807, 2.05) is 0 Å². The number of hydrogen-bond acceptors (Lipinski definition) is 3. The summed E-state index contributed by atoms with van der Waals surface area (Å²) in [4.78, 5) is 0. The highest BCUT2D eigenvalue weighted by atomic mass is 32.2. The van der Waals surface area contributed by atoms with Crippen LogP contribution in [0, 0.1) is 5.41 Å². The predicted octanol–water partition coefficient (Wildman–Crippen LogP) is 1.75.